The first kappa shape index (κ1) is 14.8. The number of rotatable bonds is 4. The predicted molar refractivity (Wildman–Crippen MR) is 82.0 cm³/mol. The van der Waals surface area contributed by atoms with Gasteiger partial charge < -0.3 is 15.8 Å². The molecule has 0 radical (unpaired) electrons. The van der Waals surface area contributed by atoms with E-state index in [0.29, 0.717) is 5.46 Å². The van der Waals surface area contributed by atoms with E-state index in [9.17, 15) is 4.79 Å². The van der Waals surface area contributed by atoms with Crippen molar-refractivity contribution in [1.29, 1.82) is 0 Å². The van der Waals surface area contributed by atoms with E-state index in [1.807, 2.05) is 24.3 Å². The van der Waals surface area contributed by atoms with Crippen LogP contribution in [0.15, 0.2) is 53.6 Å². The summed E-state index contributed by atoms with van der Waals surface area (Å²) in [5.74, 6) is 0. The van der Waals surface area contributed by atoms with Crippen LogP contribution in [0, 0.1) is 0 Å². The molecule has 5 N–H and O–H groups in total. The van der Waals surface area contributed by atoms with Gasteiger partial charge in [0.05, 0.1) is 6.21 Å². The van der Waals surface area contributed by atoms with Crippen molar-refractivity contribution in [1.82, 2.24) is 5.43 Å². The van der Waals surface area contributed by atoms with E-state index in [0.717, 1.165) is 16.7 Å². The Balaban J connectivity index is 2.20. The molecule has 0 aromatic heterocycles. The first-order chi connectivity index (χ1) is 10.1. The molecule has 0 atom stereocenters. The van der Waals surface area contributed by atoms with Gasteiger partial charge in [-0.05, 0) is 28.2 Å². The van der Waals surface area contributed by atoms with Gasteiger partial charge in [0.25, 0.3) is 0 Å². The number of hydrazone groups is 1. The molecule has 2 amide bonds. The second-order valence-electron chi connectivity index (χ2n) is 4.36. The van der Waals surface area contributed by atoms with Gasteiger partial charge in [-0.15, -0.1) is 0 Å². The van der Waals surface area contributed by atoms with E-state index in [1.165, 1.54) is 6.21 Å². The molecule has 0 fully saturated rings. The molecule has 0 bridgehead atoms. The molecule has 0 aliphatic rings. The van der Waals surface area contributed by atoms with Crippen LogP contribution in [0.25, 0.3) is 11.1 Å². The maximum atomic E-state index is 10.5. The van der Waals surface area contributed by atoms with Crippen molar-refractivity contribution in [3.63, 3.8) is 0 Å². The summed E-state index contributed by atoms with van der Waals surface area (Å²) in [6, 6.07) is 13.7. The Morgan fingerprint density at radius 3 is 2.48 bits per heavy atom. The third-order valence-corrected chi connectivity index (χ3v) is 2.82. The molecule has 2 rings (SSSR count). The molecule has 0 unspecified atom stereocenters. The maximum Gasteiger partial charge on any atom is 0.488 e. The average Bonchev–Trinajstić information content (AvgIpc) is 2.47. The van der Waals surface area contributed by atoms with E-state index >= 15 is 0 Å². The van der Waals surface area contributed by atoms with Crippen molar-refractivity contribution >= 4 is 24.8 Å². The second-order valence-corrected chi connectivity index (χ2v) is 4.36. The fraction of sp³-hybridized carbons (Fsp3) is 0. The number of nitrogens with zero attached hydrogens (tertiary/aromatic N) is 1. The van der Waals surface area contributed by atoms with Crippen LogP contribution in [0.4, 0.5) is 4.79 Å². The van der Waals surface area contributed by atoms with Crippen LogP contribution in [-0.4, -0.2) is 29.4 Å². The van der Waals surface area contributed by atoms with Crippen molar-refractivity contribution in [2.45, 2.75) is 0 Å². The molecule has 6 nitrogen and oxygen atoms in total. The second kappa shape index (κ2) is 6.69. The van der Waals surface area contributed by atoms with E-state index in [1.54, 1.807) is 24.3 Å². The zero-order chi connectivity index (χ0) is 15.2. The summed E-state index contributed by atoms with van der Waals surface area (Å²) >= 11 is 0. The molecular weight excluding hydrogens is 269 g/mol. The number of benzene rings is 2. The van der Waals surface area contributed by atoms with Gasteiger partial charge >= 0.3 is 13.1 Å². The number of carbonyl (C=O) groups is 1. The number of hydrogen-bond acceptors (Lipinski definition) is 4. The Kier molecular flexibility index (Phi) is 4.70. The van der Waals surface area contributed by atoms with Crippen LogP contribution in [0.1, 0.15) is 5.56 Å². The Morgan fingerprint density at radius 1 is 1.14 bits per heavy atom. The number of nitrogens with two attached hydrogens (primary N) is 1. The highest BCUT2D eigenvalue weighted by atomic mass is 16.4. The molecule has 2 aromatic carbocycles. The van der Waals surface area contributed by atoms with Gasteiger partial charge in [-0.25, -0.2) is 10.2 Å². The van der Waals surface area contributed by atoms with Gasteiger partial charge in [0.15, 0.2) is 0 Å². The number of carbonyl (C=O) groups excluding carboxylic acids is 1. The minimum atomic E-state index is -1.47. The molecule has 0 saturated heterocycles. The van der Waals surface area contributed by atoms with Gasteiger partial charge in [0.2, 0.25) is 0 Å². The van der Waals surface area contributed by atoms with Crippen LogP contribution in [-0.2, 0) is 0 Å². The summed E-state index contributed by atoms with van der Waals surface area (Å²) in [5, 5.41) is 21.8. The van der Waals surface area contributed by atoms with Crippen molar-refractivity contribution < 1.29 is 14.8 Å². The molecule has 0 spiro atoms. The van der Waals surface area contributed by atoms with Crippen molar-refractivity contribution in [2.24, 2.45) is 10.8 Å². The Labute approximate surface area is 122 Å². The summed E-state index contributed by atoms with van der Waals surface area (Å²) in [7, 11) is -1.47. The maximum absolute atomic E-state index is 10.5. The molecule has 2 aromatic rings. The summed E-state index contributed by atoms with van der Waals surface area (Å²) < 4.78 is 0. The Hall–Kier alpha value is -2.64. The highest BCUT2D eigenvalue weighted by molar-refractivity contribution is 6.58. The topological polar surface area (TPSA) is 108 Å². The number of amides is 2. The molecule has 0 saturated carbocycles. The van der Waals surface area contributed by atoms with E-state index in [4.69, 9.17) is 15.8 Å². The zero-order valence-corrected chi connectivity index (χ0v) is 11.1. The number of primary amides is 1. The third-order valence-electron chi connectivity index (χ3n) is 2.82. The van der Waals surface area contributed by atoms with Gasteiger partial charge in [-0.3, -0.25) is 0 Å². The monoisotopic (exact) mass is 283 g/mol. The molecule has 7 heteroatoms. The molecule has 0 aliphatic carbocycles. The van der Waals surface area contributed by atoms with Gasteiger partial charge in [0, 0.05) is 0 Å². The van der Waals surface area contributed by atoms with Crippen LogP contribution in [0.3, 0.4) is 0 Å². The van der Waals surface area contributed by atoms with Crippen LogP contribution in [0.2, 0.25) is 0 Å². The molecule has 0 heterocycles. The lowest BCUT2D eigenvalue weighted by Gasteiger charge is -2.05. The lowest BCUT2D eigenvalue weighted by molar-refractivity contribution is 0.249. The van der Waals surface area contributed by atoms with Gasteiger partial charge in [-0.1, -0.05) is 42.5 Å². The fourth-order valence-electron chi connectivity index (χ4n) is 1.82. The van der Waals surface area contributed by atoms with Gasteiger partial charge in [-0.2, -0.15) is 5.10 Å². The van der Waals surface area contributed by atoms with Crippen LogP contribution < -0.4 is 16.6 Å². The largest absolute Gasteiger partial charge is 0.488 e. The molecule has 106 valence electrons. The van der Waals surface area contributed by atoms with Crippen molar-refractivity contribution in [2.75, 3.05) is 0 Å². The smallest absolute Gasteiger partial charge is 0.423 e. The quantitative estimate of drug-likeness (QED) is 0.361. The molecule has 0 aliphatic heterocycles. The third kappa shape index (κ3) is 4.17. The van der Waals surface area contributed by atoms with Crippen LogP contribution >= 0.6 is 0 Å². The zero-order valence-electron chi connectivity index (χ0n) is 11.1. The average molecular weight is 283 g/mol. The number of nitrogens with one attached hydrogen (secondary N) is 1. The van der Waals surface area contributed by atoms with Crippen molar-refractivity contribution in [3.8, 4) is 11.1 Å². The summed E-state index contributed by atoms with van der Waals surface area (Å²) in [6.07, 6.45) is 1.49. The lowest BCUT2D eigenvalue weighted by atomic mass is 9.80. The SMILES string of the molecule is NC(=O)NN=Cc1cccc(-c2ccc(B(O)O)cc2)c1. The normalized spacial score (nSPS) is 10.6. The van der Waals surface area contributed by atoms with Crippen molar-refractivity contribution in [3.05, 3.63) is 54.1 Å². The predicted octanol–water partition coefficient (Wildman–Crippen LogP) is 0.0356. The fourth-order valence-corrected chi connectivity index (χ4v) is 1.82. The molecule has 21 heavy (non-hydrogen) atoms. The summed E-state index contributed by atoms with van der Waals surface area (Å²) in [5.41, 5.74) is 10.1. The standard InChI is InChI=1S/C14H14BN3O3/c16-14(19)18-17-9-10-2-1-3-12(8-10)11-4-6-13(7-5-11)15(20)21/h1-9,20-21H,(H3,16,18,19). The van der Waals surface area contributed by atoms with E-state index in [-0.39, 0.29) is 0 Å². The lowest BCUT2D eigenvalue weighted by Crippen LogP contribution is -2.29. The highest BCUT2D eigenvalue weighted by Crippen LogP contribution is 2.19. The first-order valence-electron chi connectivity index (χ1n) is 6.21. The number of urea groups is 1. The van der Waals surface area contributed by atoms with E-state index < -0.39 is 13.1 Å². The summed E-state index contributed by atoms with van der Waals surface area (Å²) in [4.78, 5) is 10.5. The van der Waals surface area contributed by atoms with Crippen LogP contribution in [0.5, 0.6) is 0 Å². The summed E-state index contributed by atoms with van der Waals surface area (Å²) in [6.45, 7) is 0. The highest BCUT2D eigenvalue weighted by Gasteiger charge is 2.10. The number of hydrogen-bond donors (Lipinski definition) is 4. The Morgan fingerprint density at radius 2 is 1.86 bits per heavy atom. The van der Waals surface area contributed by atoms with Gasteiger partial charge in [0.1, 0.15) is 0 Å². The minimum absolute atomic E-state index is 0.433. The van der Waals surface area contributed by atoms with E-state index in [2.05, 4.69) is 10.5 Å². The minimum Gasteiger partial charge on any atom is -0.423 e. The molecular formula is C14H14BN3O3. The first-order valence-corrected chi connectivity index (χ1v) is 6.21. The Bertz CT molecular complexity index is 657.